The van der Waals surface area contributed by atoms with Crippen LogP contribution < -0.4 is 5.73 Å². The molecule has 4 unspecified atom stereocenters. The molecule has 1 amide bonds. The number of likely N-dealkylation sites (N-methyl/N-ethyl adjacent to an activating group) is 1. The van der Waals surface area contributed by atoms with Gasteiger partial charge in [-0.25, -0.2) is 0 Å². The van der Waals surface area contributed by atoms with Crippen molar-refractivity contribution in [1.29, 1.82) is 0 Å². The zero-order valence-corrected chi connectivity index (χ0v) is 12.9. The minimum absolute atomic E-state index is 0.0848. The lowest BCUT2D eigenvalue weighted by atomic mass is 9.88. The molecule has 2 aliphatic carbocycles. The maximum absolute atomic E-state index is 12.4. The van der Waals surface area contributed by atoms with Crippen LogP contribution in [0.4, 0.5) is 0 Å². The van der Waals surface area contributed by atoms with Gasteiger partial charge in [-0.2, -0.15) is 0 Å². The molecular weight excluding hydrogens is 260 g/mol. The molecule has 21 heavy (non-hydrogen) atoms. The van der Waals surface area contributed by atoms with Crippen molar-refractivity contribution in [2.75, 3.05) is 13.6 Å². The first-order valence-electron chi connectivity index (χ1n) is 8.18. The molecule has 0 radical (unpaired) electrons. The van der Waals surface area contributed by atoms with E-state index in [4.69, 9.17) is 5.73 Å². The van der Waals surface area contributed by atoms with Gasteiger partial charge in [-0.15, -0.1) is 0 Å². The number of rotatable bonds is 5. The highest BCUT2D eigenvalue weighted by molar-refractivity contribution is 5.81. The number of nitrogens with zero attached hydrogens (tertiary/aromatic N) is 1. The fraction of sp³-hybridized carbons (Fsp3) is 0.611. The lowest BCUT2D eigenvalue weighted by Gasteiger charge is -2.28. The van der Waals surface area contributed by atoms with Crippen molar-refractivity contribution < 1.29 is 4.79 Å². The summed E-state index contributed by atoms with van der Waals surface area (Å²) in [6, 6.07) is 9.61. The average molecular weight is 286 g/mol. The molecule has 1 aromatic carbocycles. The molecule has 3 heteroatoms. The van der Waals surface area contributed by atoms with Crippen molar-refractivity contribution in [2.45, 2.75) is 38.1 Å². The van der Waals surface area contributed by atoms with E-state index in [1.807, 2.05) is 42.3 Å². The number of fused-ring (bicyclic) bond motifs is 2. The number of benzene rings is 1. The van der Waals surface area contributed by atoms with Crippen molar-refractivity contribution in [2.24, 2.45) is 23.5 Å². The van der Waals surface area contributed by atoms with Gasteiger partial charge in [0.05, 0.1) is 6.04 Å². The summed E-state index contributed by atoms with van der Waals surface area (Å²) in [5, 5.41) is 0. The summed E-state index contributed by atoms with van der Waals surface area (Å²) < 4.78 is 0. The number of hydrogen-bond donors (Lipinski definition) is 1. The van der Waals surface area contributed by atoms with E-state index in [2.05, 4.69) is 0 Å². The summed E-state index contributed by atoms with van der Waals surface area (Å²) in [7, 11) is 1.92. The number of nitrogens with two attached hydrogens (primary N) is 1. The van der Waals surface area contributed by atoms with E-state index in [9.17, 15) is 4.79 Å². The van der Waals surface area contributed by atoms with Crippen molar-refractivity contribution in [3.8, 4) is 0 Å². The van der Waals surface area contributed by atoms with E-state index in [1.54, 1.807) is 0 Å². The van der Waals surface area contributed by atoms with Gasteiger partial charge in [-0.3, -0.25) is 4.79 Å². The first kappa shape index (κ1) is 14.6. The monoisotopic (exact) mass is 286 g/mol. The van der Waals surface area contributed by atoms with Crippen molar-refractivity contribution >= 4 is 5.91 Å². The maximum Gasteiger partial charge on any atom is 0.239 e. The van der Waals surface area contributed by atoms with E-state index < -0.39 is 6.04 Å². The SMILES string of the molecule is CN(CC1CC2CCC1C2)C(=O)C(N)Cc1ccccc1. The third kappa shape index (κ3) is 3.29. The Morgan fingerprint density at radius 1 is 1.29 bits per heavy atom. The van der Waals surface area contributed by atoms with E-state index in [-0.39, 0.29) is 5.91 Å². The highest BCUT2D eigenvalue weighted by atomic mass is 16.2. The molecule has 0 aliphatic heterocycles. The van der Waals surface area contributed by atoms with E-state index in [0.717, 1.165) is 23.9 Å². The highest BCUT2D eigenvalue weighted by Crippen LogP contribution is 2.48. The summed E-state index contributed by atoms with van der Waals surface area (Å²) >= 11 is 0. The zero-order chi connectivity index (χ0) is 14.8. The number of carbonyl (C=O) groups excluding carboxylic acids is 1. The Kier molecular flexibility index (Phi) is 4.29. The van der Waals surface area contributed by atoms with Crippen LogP contribution in [0.5, 0.6) is 0 Å². The number of carbonyl (C=O) groups is 1. The van der Waals surface area contributed by atoms with Gasteiger partial charge in [0.25, 0.3) is 0 Å². The van der Waals surface area contributed by atoms with Crippen LogP contribution in [-0.4, -0.2) is 30.4 Å². The molecule has 0 saturated heterocycles. The normalized spacial score (nSPS) is 28.6. The maximum atomic E-state index is 12.4. The second kappa shape index (κ2) is 6.18. The quantitative estimate of drug-likeness (QED) is 0.903. The fourth-order valence-corrected chi connectivity index (χ4v) is 4.28. The number of amides is 1. The molecular formula is C18H26N2O. The van der Waals surface area contributed by atoms with Gasteiger partial charge in [0.2, 0.25) is 5.91 Å². The lowest BCUT2D eigenvalue weighted by Crippen LogP contribution is -2.45. The Labute approximate surface area is 127 Å². The van der Waals surface area contributed by atoms with Crippen LogP contribution in [0.3, 0.4) is 0 Å². The largest absolute Gasteiger partial charge is 0.344 e. The van der Waals surface area contributed by atoms with Crippen LogP contribution in [0.25, 0.3) is 0 Å². The molecule has 0 aromatic heterocycles. The molecule has 0 heterocycles. The molecule has 2 fully saturated rings. The Morgan fingerprint density at radius 2 is 2.05 bits per heavy atom. The first-order chi connectivity index (χ1) is 10.1. The third-order valence-electron chi connectivity index (χ3n) is 5.38. The van der Waals surface area contributed by atoms with E-state index in [0.29, 0.717) is 12.3 Å². The molecule has 3 rings (SSSR count). The van der Waals surface area contributed by atoms with Gasteiger partial charge in [0, 0.05) is 13.6 Å². The third-order valence-corrected chi connectivity index (χ3v) is 5.38. The topological polar surface area (TPSA) is 46.3 Å². The van der Waals surface area contributed by atoms with Gasteiger partial charge in [0.1, 0.15) is 0 Å². The molecule has 4 atom stereocenters. The molecule has 2 saturated carbocycles. The summed E-state index contributed by atoms with van der Waals surface area (Å²) in [4.78, 5) is 14.3. The molecule has 2 aliphatic rings. The van der Waals surface area contributed by atoms with E-state index in [1.165, 1.54) is 25.7 Å². The molecule has 0 spiro atoms. The molecule has 2 bridgehead atoms. The minimum Gasteiger partial charge on any atom is -0.344 e. The first-order valence-corrected chi connectivity index (χ1v) is 8.18. The van der Waals surface area contributed by atoms with Crippen molar-refractivity contribution in [3.63, 3.8) is 0 Å². The Morgan fingerprint density at radius 3 is 2.67 bits per heavy atom. The van der Waals surface area contributed by atoms with Crippen LogP contribution in [0.1, 0.15) is 31.2 Å². The van der Waals surface area contributed by atoms with Gasteiger partial charge >= 0.3 is 0 Å². The molecule has 114 valence electrons. The summed E-state index contributed by atoms with van der Waals surface area (Å²) in [6.07, 6.45) is 6.11. The van der Waals surface area contributed by atoms with Crippen LogP contribution >= 0.6 is 0 Å². The minimum atomic E-state index is -0.420. The zero-order valence-electron chi connectivity index (χ0n) is 12.9. The molecule has 3 nitrogen and oxygen atoms in total. The van der Waals surface area contributed by atoms with Crippen molar-refractivity contribution in [1.82, 2.24) is 4.90 Å². The predicted octanol–water partition coefficient (Wildman–Crippen LogP) is 2.45. The highest BCUT2D eigenvalue weighted by Gasteiger charge is 2.40. The second-order valence-electron chi connectivity index (χ2n) is 6.95. The summed E-state index contributed by atoms with van der Waals surface area (Å²) in [5.74, 6) is 2.58. The van der Waals surface area contributed by atoms with Gasteiger partial charge in [-0.1, -0.05) is 36.8 Å². The van der Waals surface area contributed by atoms with E-state index >= 15 is 0 Å². The lowest BCUT2D eigenvalue weighted by molar-refractivity contribution is -0.132. The van der Waals surface area contributed by atoms with Gasteiger partial charge in [-0.05, 0) is 49.0 Å². The van der Waals surface area contributed by atoms with Gasteiger partial charge in [0.15, 0.2) is 0 Å². The Hall–Kier alpha value is -1.35. The van der Waals surface area contributed by atoms with Crippen LogP contribution in [-0.2, 0) is 11.2 Å². The Bertz CT molecular complexity index is 487. The summed E-state index contributed by atoms with van der Waals surface area (Å²) in [5.41, 5.74) is 7.24. The predicted molar refractivity (Wildman–Crippen MR) is 84.7 cm³/mol. The molecule has 2 N–H and O–H groups in total. The van der Waals surface area contributed by atoms with Crippen LogP contribution in [0, 0.1) is 17.8 Å². The van der Waals surface area contributed by atoms with Crippen LogP contribution in [0.2, 0.25) is 0 Å². The smallest absolute Gasteiger partial charge is 0.239 e. The Balaban J connectivity index is 1.52. The fourth-order valence-electron chi connectivity index (χ4n) is 4.28. The van der Waals surface area contributed by atoms with Crippen molar-refractivity contribution in [3.05, 3.63) is 35.9 Å². The van der Waals surface area contributed by atoms with Crippen LogP contribution in [0.15, 0.2) is 30.3 Å². The van der Waals surface area contributed by atoms with Gasteiger partial charge < -0.3 is 10.6 Å². The molecule has 1 aromatic rings. The summed E-state index contributed by atoms with van der Waals surface area (Å²) in [6.45, 7) is 0.891. The second-order valence-corrected chi connectivity index (χ2v) is 6.95. The standard InChI is InChI=1S/C18H26N2O/c1-20(12-16-10-14-7-8-15(16)9-14)18(21)17(19)11-13-5-3-2-4-6-13/h2-6,14-17H,7-12,19H2,1H3. The average Bonchev–Trinajstić information content (AvgIpc) is 3.10. The number of hydrogen-bond acceptors (Lipinski definition) is 2.